The van der Waals surface area contributed by atoms with Gasteiger partial charge in [-0.25, -0.2) is 0 Å². The van der Waals surface area contributed by atoms with Gasteiger partial charge in [0.25, 0.3) is 5.91 Å². The summed E-state index contributed by atoms with van der Waals surface area (Å²) >= 11 is 7.38. The van der Waals surface area contributed by atoms with Crippen LogP contribution in [0.5, 0.6) is 5.75 Å². The molecule has 0 spiro atoms. The van der Waals surface area contributed by atoms with Crippen LogP contribution in [0.15, 0.2) is 60.0 Å². The fourth-order valence-corrected chi connectivity index (χ4v) is 4.82. The van der Waals surface area contributed by atoms with Crippen molar-refractivity contribution >= 4 is 40.4 Å². The van der Waals surface area contributed by atoms with Crippen LogP contribution in [0.1, 0.15) is 37.3 Å². The van der Waals surface area contributed by atoms with Crippen molar-refractivity contribution < 1.29 is 14.3 Å². The zero-order chi connectivity index (χ0) is 27.4. The maximum atomic E-state index is 14.0. The molecule has 1 atom stereocenters. The third-order valence-corrected chi connectivity index (χ3v) is 6.69. The van der Waals surface area contributed by atoms with Gasteiger partial charge < -0.3 is 10.1 Å². The lowest BCUT2D eigenvalue weighted by Crippen LogP contribution is -2.50. The second-order valence-electron chi connectivity index (χ2n) is 9.75. The fourth-order valence-electron chi connectivity index (χ4n) is 3.89. The Morgan fingerprint density at radius 3 is 2.53 bits per heavy atom. The summed E-state index contributed by atoms with van der Waals surface area (Å²) in [4.78, 5) is 31.2. The zero-order valence-corrected chi connectivity index (χ0v) is 23.4. The lowest BCUT2D eigenvalue weighted by atomic mass is 10.1. The van der Waals surface area contributed by atoms with Gasteiger partial charge in [-0.1, -0.05) is 23.7 Å². The average molecular weight is 553 g/mol. The highest BCUT2D eigenvalue weighted by Crippen LogP contribution is 2.37. The van der Waals surface area contributed by atoms with Gasteiger partial charge in [-0.05, 0) is 86.3 Å². The molecule has 2 amide bonds. The topological polar surface area (TPSA) is 102 Å². The molecule has 2 heterocycles. The van der Waals surface area contributed by atoms with Crippen LogP contribution in [0.2, 0.25) is 5.02 Å². The van der Waals surface area contributed by atoms with Gasteiger partial charge in [0.15, 0.2) is 0 Å². The highest BCUT2D eigenvalue weighted by molar-refractivity contribution is 7.10. The first-order chi connectivity index (χ1) is 18.1. The Labute approximate surface area is 230 Å². The highest BCUT2D eigenvalue weighted by atomic mass is 35.5. The molecule has 1 N–H and O–H groups in total. The van der Waals surface area contributed by atoms with Crippen LogP contribution in [0, 0.1) is 6.92 Å². The number of nitrogens with zero attached hydrogens (tertiary/aromatic N) is 5. The average Bonchev–Trinajstić information content (AvgIpc) is 3.54. The lowest BCUT2D eigenvalue weighted by Gasteiger charge is -2.33. The Balaban J connectivity index is 1.76. The Hall–Kier alpha value is -3.76. The van der Waals surface area contributed by atoms with Crippen molar-refractivity contribution in [2.24, 2.45) is 0 Å². The zero-order valence-electron chi connectivity index (χ0n) is 21.8. The maximum Gasteiger partial charge on any atom is 0.251 e. The smallest absolute Gasteiger partial charge is 0.251 e. The number of carbonyl (C=O) groups excluding carboxylic acids is 2. The number of methoxy groups -OCH3 is 1. The van der Waals surface area contributed by atoms with Gasteiger partial charge in [-0.15, -0.1) is 21.5 Å². The normalized spacial score (nSPS) is 12.2. The van der Waals surface area contributed by atoms with Crippen LogP contribution < -0.4 is 15.0 Å². The van der Waals surface area contributed by atoms with E-state index in [0.717, 1.165) is 5.56 Å². The largest absolute Gasteiger partial charge is 0.495 e. The number of halogens is 1. The summed E-state index contributed by atoms with van der Waals surface area (Å²) in [7, 11) is 1.53. The Kier molecular flexibility index (Phi) is 8.13. The molecule has 2 aromatic heterocycles. The minimum Gasteiger partial charge on any atom is -0.495 e. The van der Waals surface area contributed by atoms with Gasteiger partial charge >= 0.3 is 0 Å². The van der Waals surface area contributed by atoms with Gasteiger partial charge in [-0.3, -0.25) is 14.5 Å². The van der Waals surface area contributed by atoms with Gasteiger partial charge in [0.1, 0.15) is 18.3 Å². The number of aromatic nitrogens is 4. The fraction of sp³-hybridized carbons (Fsp3) is 0.296. The maximum absolute atomic E-state index is 14.0. The Morgan fingerprint density at radius 1 is 1.16 bits per heavy atom. The number of hydrogen-bond donors (Lipinski definition) is 1. The van der Waals surface area contributed by atoms with E-state index in [1.807, 2.05) is 57.3 Å². The standard InChI is InChI=1S/C27H29ClN6O3S/c1-17-8-13-21(37-5)20(15-17)34(24(22-7-6-14-38-22)26(36)29-27(2,3)4)23(35)16-33-31-25(30-32-33)18-9-11-19(28)12-10-18/h6-15,24H,16H2,1-5H3,(H,29,36)/t24-/m1/s1. The molecule has 38 heavy (non-hydrogen) atoms. The third-order valence-electron chi connectivity index (χ3n) is 5.51. The molecule has 0 bridgehead atoms. The summed E-state index contributed by atoms with van der Waals surface area (Å²) in [5.41, 5.74) is 1.58. The van der Waals surface area contributed by atoms with E-state index in [1.54, 1.807) is 30.3 Å². The molecule has 0 aliphatic heterocycles. The number of benzene rings is 2. The first kappa shape index (κ1) is 27.3. The molecule has 0 radical (unpaired) electrons. The van der Waals surface area contributed by atoms with Crippen molar-refractivity contribution in [3.05, 3.63) is 75.4 Å². The van der Waals surface area contributed by atoms with Crippen LogP contribution in [0.4, 0.5) is 5.69 Å². The molecule has 0 unspecified atom stereocenters. The number of amides is 2. The van der Waals surface area contributed by atoms with E-state index in [2.05, 4.69) is 20.7 Å². The number of thiophene rings is 1. The lowest BCUT2D eigenvalue weighted by molar-refractivity contribution is -0.128. The van der Waals surface area contributed by atoms with E-state index in [9.17, 15) is 9.59 Å². The minimum atomic E-state index is -0.948. The molecule has 0 saturated carbocycles. The van der Waals surface area contributed by atoms with Crippen molar-refractivity contribution in [2.45, 2.75) is 45.8 Å². The summed E-state index contributed by atoms with van der Waals surface area (Å²) in [5, 5.41) is 18.1. The van der Waals surface area contributed by atoms with Gasteiger partial charge in [0.2, 0.25) is 11.7 Å². The molecule has 11 heteroatoms. The summed E-state index contributed by atoms with van der Waals surface area (Å²) in [6.45, 7) is 7.36. The van der Waals surface area contributed by atoms with Crippen molar-refractivity contribution in [3.63, 3.8) is 0 Å². The number of anilines is 1. The van der Waals surface area contributed by atoms with Crippen molar-refractivity contribution in [1.29, 1.82) is 0 Å². The molecule has 198 valence electrons. The third kappa shape index (κ3) is 6.38. The minimum absolute atomic E-state index is 0.248. The number of tetrazole rings is 1. The van der Waals surface area contributed by atoms with E-state index in [0.29, 0.717) is 32.7 Å². The molecule has 0 aliphatic rings. The van der Waals surface area contributed by atoms with Gasteiger partial charge in [-0.2, -0.15) is 4.80 Å². The van der Waals surface area contributed by atoms with E-state index in [4.69, 9.17) is 16.3 Å². The predicted octanol–water partition coefficient (Wildman–Crippen LogP) is 5.06. The molecule has 0 aliphatic carbocycles. The quantitative estimate of drug-likeness (QED) is 0.328. The summed E-state index contributed by atoms with van der Waals surface area (Å²) < 4.78 is 5.62. The summed E-state index contributed by atoms with van der Waals surface area (Å²) in [5.74, 6) is 0.0959. The molecule has 4 aromatic rings. The molecule has 9 nitrogen and oxygen atoms in total. The number of ether oxygens (including phenoxy) is 1. The molecule has 0 fully saturated rings. The summed E-state index contributed by atoms with van der Waals surface area (Å²) in [6.07, 6.45) is 0. The summed E-state index contributed by atoms with van der Waals surface area (Å²) in [6, 6.07) is 15.3. The van der Waals surface area contributed by atoms with Crippen LogP contribution in [0.25, 0.3) is 11.4 Å². The first-order valence-electron chi connectivity index (χ1n) is 11.9. The predicted molar refractivity (Wildman–Crippen MR) is 148 cm³/mol. The van der Waals surface area contributed by atoms with Gasteiger partial charge in [0, 0.05) is 21.0 Å². The second kappa shape index (κ2) is 11.3. The molecular weight excluding hydrogens is 524 g/mol. The number of rotatable bonds is 8. The van der Waals surface area contributed by atoms with Crippen LogP contribution in [0.3, 0.4) is 0 Å². The highest BCUT2D eigenvalue weighted by Gasteiger charge is 2.37. The first-order valence-corrected chi connectivity index (χ1v) is 13.2. The van der Waals surface area contributed by atoms with E-state index >= 15 is 0 Å². The van der Waals surface area contributed by atoms with Crippen molar-refractivity contribution in [3.8, 4) is 17.1 Å². The van der Waals surface area contributed by atoms with Crippen molar-refractivity contribution in [2.75, 3.05) is 12.0 Å². The monoisotopic (exact) mass is 552 g/mol. The van der Waals surface area contributed by atoms with Crippen LogP contribution >= 0.6 is 22.9 Å². The molecular formula is C27H29ClN6O3S. The molecule has 0 saturated heterocycles. The number of nitrogens with one attached hydrogen (secondary N) is 1. The van der Waals surface area contributed by atoms with E-state index < -0.39 is 17.5 Å². The van der Waals surface area contributed by atoms with E-state index in [-0.39, 0.29) is 12.5 Å². The van der Waals surface area contributed by atoms with Crippen LogP contribution in [-0.4, -0.2) is 44.7 Å². The number of hydrogen-bond acceptors (Lipinski definition) is 7. The van der Waals surface area contributed by atoms with Gasteiger partial charge in [0.05, 0.1) is 12.8 Å². The Morgan fingerprint density at radius 2 is 1.89 bits per heavy atom. The van der Waals surface area contributed by atoms with Crippen molar-refractivity contribution in [1.82, 2.24) is 25.5 Å². The van der Waals surface area contributed by atoms with E-state index in [1.165, 1.54) is 28.1 Å². The Bertz CT molecular complexity index is 1410. The number of carbonyl (C=O) groups is 2. The second-order valence-corrected chi connectivity index (χ2v) is 11.2. The molecule has 2 aromatic carbocycles. The molecule has 4 rings (SSSR count). The van der Waals surface area contributed by atoms with Crippen LogP contribution in [-0.2, 0) is 16.1 Å². The number of aryl methyl sites for hydroxylation is 1. The SMILES string of the molecule is COc1ccc(C)cc1N(C(=O)Cn1nnc(-c2ccc(Cl)cc2)n1)[C@@H](C(=O)NC(C)(C)C)c1cccs1.